The zero-order chi connectivity index (χ0) is 9.90. The second-order valence-electron chi connectivity index (χ2n) is 3.22. The third-order valence-corrected chi connectivity index (χ3v) is 1.93. The molecule has 3 nitrogen and oxygen atoms in total. The van der Waals surface area contributed by atoms with E-state index in [2.05, 4.69) is 0 Å². The highest BCUT2D eigenvalue weighted by Crippen LogP contribution is 2.21. The Morgan fingerprint density at radius 3 is 2.69 bits per heavy atom. The van der Waals surface area contributed by atoms with Crippen LogP contribution in [0.1, 0.15) is 6.92 Å². The van der Waals surface area contributed by atoms with Crippen molar-refractivity contribution < 1.29 is 14.8 Å². The van der Waals surface area contributed by atoms with Crippen LogP contribution in [0, 0.1) is 5.41 Å². The van der Waals surface area contributed by atoms with Gasteiger partial charge in [-0.1, -0.05) is 30.4 Å². The van der Waals surface area contributed by atoms with Gasteiger partial charge in [0.15, 0.2) is 0 Å². The van der Waals surface area contributed by atoms with Gasteiger partial charge in [-0.2, -0.15) is 0 Å². The van der Waals surface area contributed by atoms with Crippen LogP contribution >= 0.6 is 0 Å². The Bertz CT molecular complexity index is 291. The van der Waals surface area contributed by atoms with E-state index in [1.54, 1.807) is 37.3 Å². The second-order valence-corrected chi connectivity index (χ2v) is 3.22. The summed E-state index contributed by atoms with van der Waals surface area (Å²) in [6, 6.07) is 0. The predicted molar refractivity (Wildman–Crippen MR) is 50.7 cm³/mol. The zero-order valence-electron chi connectivity index (χ0n) is 7.34. The summed E-state index contributed by atoms with van der Waals surface area (Å²) >= 11 is 0. The molecule has 13 heavy (non-hydrogen) atoms. The second kappa shape index (κ2) is 3.72. The molecule has 0 aromatic carbocycles. The maximum Gasteiger partial charge on any atom is 0.488 e. The molecule has 1 unspecified atom stereocenters. The van der Waals surface area contributed by atoms with Crippen LogP contribution in [0.3, 0.4) is 0 Å². The molecule has 0 saturated carbocycles. The van der Waals surface area contributed by atoms with Gasteiger partial charge in [-0.3, -0.25) is 0 Å². The van der Waals surface area contributed by atoms with Crippen LogP contribution in [-0.4, -0.2) is 23.5 Å². The molecule has 0 fully saturated rings. The minimum absolute atomic E-state index is 0.377. The van der Waals surface area contributed by atoms with Crippen molar-refractivity contribution in [3.63, 3.8) is 0 Å². The lowest BCUT2D eigenvalue weighted by molar-refractivity contribution is -0.111. The molecular formula is C9H11BO3. The summed E-state index contributed by atoms with van der Waals surface area (Å²) in [5.74, 6) is 0. The van der Waals surface area contributed by atoms with Gasteiger partial charge in [-0.25, -0.2) is 0 Å². The predicted octanol–water partition coefficient (Wildman–Crippen LogP) is 0.256. The number of aldehydes is 1. The zero-order valence-corrected chi connectivity index (χ0v) is 7.34. The van der Waals surface area contributed by atoms with Gasteiger partial charge in [0.25, 0.3) is 0 Å². The van der Waals surface area contributed by atoms with E-state index in [9.17, 15) is 4.79 Å². The summed E-state index contributed by atoms with van der Waals surface area (Å²) in [4.78, 5) is 10.7. The van der Waals surface area contributed by atoms with Crippen molar-refractivity contribution in [2.45, 2.75) is 6.92 Å². The third-order valence-electron chi connectivity index (χ3n) is 1.93. The lowest BCUT2D eigenvalue weighted by Gasteiger charge is -2.10. The SMILES string of the molecule is CC1(C=O)C=CC=C(B(O)O)C=C1. The van der Waals surface area contributed by atoms with Crippen LogP contribution in [0.4, 0.5) is 0 Å². The highest BCUT2D eigenvalue weighted by Gasteiger charge is 2.19. The fraction of sp³-hybridized carbons (Fsp3) is 0.222. The Hall–Kier alpha value is -1.13. The molecule has 1 atom stereocenters. The first kappa shape index (κ1) is 9.96. The monoisotopic (exact) mass is 178 g/mol. The fourth-order valence-corrected chi connectivity index (χ4v) is 1.00. The molecule has 0 aliphatic heterocycles. The van der Waals surface area contributed by atoms with Gasteiger partial charge in [0.05, 0.1) is 5.41 Å². The van der Waals surface area contributed by atoms with Crippen LogP contribution in [-0.2, 0) is 4.79 Å². The van der Waals surface area contributed by atoms with E-state index in [4.69, 9.17) is 10.0 Å². The van der Waals surface area contributed by atoms with E-state index in [0.717, 1.165) is 6.29 Å². The Morgan fingerprint density at radius 2 is 2.15 bits per heavy atom. The van der Waals surface area contributed by atoms with Crippen molar-refractivity contribution >= 4 is 13.4 Å². The van der Waals surface area contributed by atoms with E-state index in [0.29, 0.717) is 5.47 Å². The number of rotatable bonds is 2. The number of carbonyl (C=O) groups excluding carboxylic acids is 1. The molecule has 0 bridgehead atoms. The average molecular weight is 178 g/mol. The van der Waals surface area contributed by atoms with Crippen LogP contribution in [0.5, 0.6) is 0 Å². The normalized spacial score (nSPS) is 26.5. The van der Waals surface area contributed by atoms with Crippen molar-refractivity contribution in [2.75, 3.05) is 0 Å². The first-order chi connectivity index (χ1) is 6.07. The summed E-state index contributed by atoms with van der Waals surface area (Å²) in [5.41, 5.74) is -0.269. The first-order valence-corrected chi connectivity index (χ1v) is 3.98. The average Bonchev–Trinajstić information content (AvgIpc) is 2.28. The minimum Gasteiger partial charge on any atom is -0.423 e. The number of carbonyl (C=O) groups is 1. The maximum absolute atomic E-state index is 10.7. The summed E-state index contributed by atoms with van der Waals surface area (Å²) < 4.78 is 0. The number of allylic oxidation sites excluding steroid dienone is 6. The Balaban J connectivity index is 2.92. The molecule has 0 saturated heterocycles. The first-order valence-electron chi connectivity index (χ1n) is 3.98. The Morgan fingerprint density at radius 1 is 1.46 bits per heavy atom. The van der Waals surface area contributed by atoms with Crippen LogP contribution in [0.2, 0.25) is 0 Å². The Labute approximate surface area is 77.2 Å². The molecule has 0 aromatic heterocycles. The molecule has 2 N–H and O–H groups in total. The summed E-state index contributed by atoms with van der Waals surface area (Å²) in [7, 11) is -1.49. The van der Waals surface area contributed by atoms with E-state index in [1.807, 2.05) is 0 Å². The summed E-state index contributed by atoms with van der Waals surface area (Å²) in [5, 5.41) is 17.7. The molecular weight excluding hydrogens is 167 g/mol. The van der Waals surface area contributed by atoms with Crippen molar-refractivity contribution in [2.24, 2.45) is 5.41 Å². The molecule has 68 valence electrons. The maximum atomic E-state index is 10.7. The standard InChI is InChI=1S/C9H11BO3/c1-9(7-11)5-2-3-8(4-6-9)10(12)13/h2-7,12-13H,1H3. The van der Waals surface area contributed by atoms with Crippen LogP contribution < -0.4 is 0 Å². The van der Waals surface area contributed by atoms with E-state index in [-0.39, 0.29) is 0 Å². The topological polar surface area (TPSA) is 57.5 Å². The van der Waals surface area contributed by atoms with Gasteiger partial charge in [-0.05, 0) is 12.4 Å². The van der Waals surface area contributed by atoms with Crippen molar-refractivity contribution in [3.05, 3.63) is 35.9 Å². The molecule has 1 aliphatic carbocycles. The lowest BCUT2D eigenvalue weighted by Crippen LogP contribution is -2.14. The smallest absolute Gasteiger partial charge is 0.423 e. The van der Waals surface area contributed by atoms with Crippen LogP contribution in [0.25, 0.3) is 0 Å². The third kappa shape index (κ3) is 2.40. The molecule has 1 aliphatic rings. The van der Waals surface area contributed by atoms with Gasteiger partial charge in [-0.15, -0.1) is 0 Å². The van der Waals surface area contributed by atoms with Crippen molar-refractivity contribution in [1.29, 1.82) is 0 Å². The van der Waals surface area contributed by atoms with Gasteiger partial charge in [0.2, 0.25) is 0 Å². The lowest BCUT2D eigenvalue weighted by atomic mass is 9.78. The van der Waals surface area contributed by atoms with Gasteiger partial charge in [0.1, 0.15) is 6.29 Å². The van der Waals surface area contributed by atoms with E-state index >= 15 is 0 Å². The van der Waals surface area contributed by atoms with E-state index in [1.165, 1.54) is 0 Å². The Kier molecular flexibility index (Phi) is 2.85. The number of hydrogen-bond donors (Lipinski definition) is 2. The van der Waals surface area contributed by atoms with E-state index < -0.39 is 12.5 Å². The van der Waals surface area contributed by atoms with Crippen molar-refractivity contribution in [3.8, 4) is 0 Å². The molecule has 0 spiro atoms. The van der Waals surface area contributed by atoms with Gasteiger partial charge in [0, 0.05) is 0 Å². The van der Waals surface area contributed by atoms with Gasteiger partial charge >= 0.3 is 7.12 Å². The minimum atomic E-state index is -1.49. The molecule has 0 aromatic rings. The molecule has 0 radical (unpaired) electrons. The van der Waals surface area contributed by atoms with Crippen molar-refractivity contribution in [1.82, 2.24) is 0 Å². The van der Waals surface area contributed by atoms with Gasteiger partial charge < -0.3 is 14.8 Å². The molecule has 0 heterocycles. The highest BCUT2D eigenvalue weighted by molar-refractivity contribution is 6.51. The number of hydrogen-bond acceptors (Lipinski definition) is 3. The fourth-order valence-electron chi connectivity index (χ4n) is 1.00. The molecule has 0 amide bonds. The largest absolute Gasteiger partial charge is 0.488 e. The van der Waals surface area contributed by atoms with Crippen LogP contribution in [0.15, 0.2) is 35.9 Å². The molecule has 1 rings (SSSR count). The molecule has 4 heteroatoms. The quantitative estimate of drug-likeness (QED) is 0.470. The summed E-state index contributed by atoms with van der Waals surface area (Å²) in [6.45, 7) is 1.74. The summed E-state index contributed by atoms with van der Waals surface area (Å²) in [6.07, 6.45) is 8.89. The highest BCUT2D eigenvalue weighted by atomic mass is 16.4.